The van der Waals surface area contributed by atoms with Gasteiger partial charge in [0.2, 0.25) is 0 Å². The van der Waals surface area contributed by atoms with E-state index in [0.29, 0.717) is 6.67 Å². The summed E-state index contributed by atoms with van der Waals surface area (Å²) in [7, 11) is 0. The molecule has 0 bridgehead atoms. The van der Waals surface area contributed by atoms with Crippen LogP contribution < -0.4 is 5.32 Å². The van der Waals surface area contributed by atoms with Gasteiger partial charge < -0.3 is 5.32 Å². The molecular weight excluding hydrogens is 188 g/mol. The highest BCUT2D eigenvalue weighted by atomic mass is 15.2. The van der Waals surface area contributed by atoms with Gasteiger partial charge >= 0.3 is 0 Å². The summed E-state index contributed by atoms with van der Waals surface area (Å²) in [5.41, 5.74) is 0. The van der Waals surface area contributed by atoms with E-state index in [1.54, 1.807) is 0 Å². The highest BCUT2D eigenvalue weighted by molar-refractivity contribution is 4.83. The Labute approximate surface area is 92.0 Å². The first-order valence-corrected chi connectivity index (χ1v) is 5.90. The van der Waals surface area contributed by atoms with Gasteiger partial charge in [0.05, 0.1) is 0 Å². The van der Waals surface area contributed by atoms with Gasteiger partial charge in [-0.05, 0) is 12.8 Å². The molecule has 0 aromatic rings. The van der Waals surface area contributed by atoms with E-state index >= 15 is 0 Å². The Morgan fingerprint density at radius 2 is 1.80 bits per heavy atom. The van der Waals surface area contributed by atoms with Gasteiger partial charge in [-0.25, -0.2) is 11.5 Å². The van der Waals surface area contributed by atoms with Crippen molar-refractivity contribution in [2.45, 2.75) is 18.9 Å². The first-order valence-electron chi connectivity index (χ1n) is 5.90. The molecule has 2 fully saturated rings. The normalized spacial score (nSPS) is 26.3. The molecule has 0 unspecified atom stereocenters. The van der Waals surface area contributed by atoms with Gasteiger partial charge in [-0.3, -0.25) is 9.74 Å². The molecule has 0 atom stereocenters. The Balaban J connectivity index is 1.75. The topological polar surface area (TPSA) is 22.9 Å². The van der Waals surface area contributed by atoms with E-state index in [4.69, 9.17) is 6.57 Å². The van der Waals surface area contributed by atoms with Crippen molar-refractivity contribution in [1.29, 1.82) is 0 Å². The third kappa shape index (κ3) is 2.91. The third-order valence-corrected chi connectivity index (χ3v) is 3.50. The summed E-state index contributed by atoms with van der Waals surface area (Å²) >= 11 is 0. The molecule has 0 amide bonds. The van der Waals surface area contributed by atoms with Crippen molar-refractivity contribution in [3.63, 3.8) is 0 Å². The van der Waals surface area contributed by atoms with Crippen LogP contribution in [0.15, 0.2) is 0 Å². The molecule has 2 rings (SSSR count). The van der Waals surface area contributed by atoms with Crippen LogP contribution in [-0.2, 0) is 0 Å². The molecule has 0 spiro atoms. The van der Waals surface area contributed by atoms with Crippen LogP contribution in [-0.4, -0.2) is 61.8 Å². The number of likely N-dealkylation sites (tertiary alicyclic amines) is 1. The summed E-state index contributed by atoms with van der Waals surface area (Å²) in [6, 6.07) is 0.772. The summed E-state index contributed by atoms with van der Waals surface area (Å²) < 4.78 is 0. The van der Waals surface area contributed by atoms with Gasteiger partial charge in [0, 0.05) is 45.3 Å². The van der Waals surface area contributed by atoms with E-state index < -0.39 is 0 Å². The van der Waals surface area contributed by atoms with E-state index in [9.17, 15) is 0 Å². The fraction of sp³-hybridized carbons (Fsp3) is 0.909. The molecule has 0 aromatic heterocycles. The molecule has 2 heterocycles. The fourth-order valence-corrected chi connectivity index (χ4v) is 2.57. The Morgan fingerprint density at radius 1 is 1.13 bits per heavy atom. The number of rotatable bonds is 2. The summed E-state index contributed by atoms with van der Waals surface area (Å²) in [6.45, 7) is 14.3. The van der Waals surface area contributed by atoms with Crippen molar-refractivity contribution in [3.8, 4) is 0 Å². The minimum atomic E-state index is 0.592. The summed E-state index contributed by atoms with van der Waals surface area (Å²) in [5, 5.41) is 3.39. The number of hydrogen-bond acceptors (Lipinski definition) is 3. The van der Waals surface area contributed by atoms with Crippen LogP contribution in [0.4, 0.5) is 0 Å². The average Bonchev–Trinajstić information content (AvgIpc) is 2.32. The van der Waals surface area contributed by atoms with Gasteiger partial charge in [-0.15, -0.1) is 0 Å². The maximum absolute atomic E-state index is 6.85. The van der Waals surface area contributed by atoms with Gasteiger partial charge in [-0.2, -0.15) is 0 Å². The molecule has 1 N–H and O–H groups in total. The maximum atomic E-state index is 6.85. The molecule has 2 saturated heterocycles. The summed E-state index contributed by atoms with van der Waals surface area (Å²) in [6.07, 6.45) is 2.49. The largest absolute Gasteiger partial charge is 0.314 e. The van der Waals surface area contributed by atoms with Crippen molar-refractivity contribution in [2.24, 2.45) is 0 Å². The zero-order valence-corrected chi connectivity index (χ0v) is 9.28. The first-order chi connectivity index (χ1) is 7.40. The lowest BCUT2D eigenvalue weighted by Gasteiger charge is -2.39. The number of piperazine rings is 1. The van der Waals surface area contributed by atoms with Crippen LogP contribution in [0.3, 0.4) is 0 Å². The Hall–Kier alpha value is -0.630. The van der Waals surface area contributed by atoms with Crippen LogP contribution in [0, 0.1) is 6.57 Å². The molecule has 4 nitrogen and oxygen atoms in total. The van der Waals surface area contributed by atoms with Crippen molar-refractivity contribution in [3.05, 3.63) is 11.4 Å². The van der Waals surface area contributed by atoms with Gasteiger partial charge in [0.15, 0.2) is 0 Å². The van der Waals surface area contributed by atoms with E-state index in [0.717, 1.165) is 32.2 Å². The molecule has 2 aliphatic heterocycles. The zero-order valence-electron chi connectivity index (χ0n) is 9.28. The van der Waals surface area contributed by atoms with E-state index in [1.165, 1.54) is 25.9 Å². The monoisotopic (exact) mass is 208 g/mol. The van der Waals surface area contributed by atoms with E-state index in [-0.39, 0.29) is 0 Å². The zero-order chi connectivity index (χ0) is 10.5. The first kappa shape index (κ1) is 10.9. The lowest BCUT2D eigenvalue weighted by Crippen LogP contribution is -2.51. The highest BCUT2D eigenvalue weighted by Crippen LogP contribution is 2.16. The predicted octanol–water partition coefficient (Wildman–Crippen LogP) is 0.233. The predicted molar refractivity (Wildman–Crippen MR) is 60.5 cm³/mol. The van der Waals surface area contributed by atoms with Gasteiger partial charge in [0.25, 0.3) is 6.67 Å². The minimum absolute atomic E-state index is 0.592. The highest BCUT2D eigenvalue weighted by Gasteiger charge is 2.25. The summed E-state index contributed by atoms with van der Waals surface area (Å²) in [4.78, 5) is 8.34. The van der Waals surface area contributed by atoms with Crippen molar-refractivity contribution in [1.82, 2.24) is 15.1 Å². The fourth-order valence-electron chi connectivity index (χ4n) is 2.57. The van der Waals surface area contributed by atoms with Crippen LogP contribution in [0.1, 0.15) is 12.8 Å². The molecule has 0 saturated carbocycles. The summed E-state index contributed by atoms with van der Waals surface area (Å²) in [5.74, 6) is 0. The second-order valence-electron chi connectivity index (χ2n) is 4.43. The minimum Gasteiger partial charge on any atom is -0.314 e. The Morgan fingerprint density at radius 3 is 2.40 bits per heavy atom. The molecule has 0 radical (unpaired) electrons. The molecular formula is C11H20N4. The number of hydrogen-bond donors (Lipinski definition) is 1. The van der Waals surface area contributed by atoms with E-state index in [2.05, 4.69) is 20.0 Å². The maximum Gasteiger partial charge on any atom is 0.270 e. The van der Waals surface area contributed by atoms with Crippen molar-refractivity contribution in [2.75, 3.05) is 45.9 Å². The van der Waals surface area contributed by atoms with Crippen molar-refractivity contribution >= 4 is 0 Å². The molecule has 4 heteroatoms. The number of nitrogens with one attached hydrogen (secondary N) is 1. The lowest BCUT2D eigenvalue weighted by atomic mass is 10.0. The standard InChI is InChI=1S/C11H20N4/c1-12-10-14-6-2-11(3-7-14)15-8-4-13-5-9-15/h11,13H,2-10H2. The third-order valence-electron chi connectivity index (χ3n) is 3.50. The van der Waals surface area contributed by atoms with E-state index in [1.807, 2.05) is 0 Å². The van der Waals surface area contributed by atoms with Crippen LogP contribution >= 0.6 is 0 Å². The second-order valence-corrected chi connectivity index (χ2v) is 4.43. The van der Waals surface area contributed by atoms with Crippen LogP contribution in [0.5, 0.6) is 0 Å². The van der Waals surface area contributed by atoms with Gasteiger partial charge in [-0.1, -0.05) is 0 Å². The van der Waals surface area contributed by atoms with Crippen LogP contribution in [0.2, 0.25) is 0 Å². The molecule has 15 heavy (non-hydrogen) atoms. The SMILES string of the molecule is [C-]#[N+]CN1CCC(N2CCNCC2)CC1. The van der Waals surface area contributed by atoms with Gasteiger partial charge in [0.1, 0.15) is 0 Å². The molecule has 0 aliphatic carbocycles. The number of nitrogens with zero attached hydrogens (tertiary/aromatic N) is 3. The number of piperidine rings is 1. The average molecular weight is 208 g/mol. The Kier molecular flexibility index (Phi) is 3.95. The Bertz CT molecular complexity index is 221. The smallest absolute Gasteiger partial charge is 0.270 e. The molecule has 84 valence electrons. The van der Waals surface area contributed by atoms with Crippen LogP contribution in [0.25, 0.3) is 4.85 Å². The lowest BCUT2D eigenvalue weighted by molar-refractivity contribution is 0.103. The molecule has 2 aliphatic rings. The van der Waals surface area contributed by atoms with Crippen molar-refractivity contribution < 1.29 is 0 Å². The second kappa shape index (κ2) is 5.45. The quantitative estimate of drug-likeness (QED) is 0.657. The molecule has 0 aromatic carbocycles.